The van der Waals surface area contributed by atoms with Gasteiger partial charge in [-0.25, -0.2) is 4.98 Å². The number of nitrogens with two attached hydrogens (primary N) is 1. The van der Waals surface area contributed by atoms with Crippen LogP contribution in [0.1, 0.15) is 5.56 Å². The summed E-state index contributed by atoms with van der Waals surface area (Å²) < 4.78 is 0. The zero-order valence-corrected chi connectivity index (χ0v) is 6.98. The van der Waals surface area contributed by atoms with E-state index in [9.17, 15) is 0 Å². The van der Waals surface area contributed by atoms with E-state index in [0.29, 0.717) is 5.56 Å². The predicted molar refractivity (Wildman–Crippen MR) is 47.0 cm³/mol. The van der Waals surface area contributed by atoms with Crippen molar-refractivity contribution >= 4 is 17.6 Å². The minimum absolute atomic E-state index is 0.0717. The Morgan fingerprint density at radius 3 is 2.91 bits per heavy atom. The van der Waals surface area contributed by atoms with E-state index < -0.39 is 0 Å². The molecule has 0 aliphatic rings. The standard InChI is InChI=1S/C7H9N3S/c1-11-7-5(6(8)9)3-2-4-10-7/h2-4H,1H3,(H3,8,9). The second kappa shape index (κ2) is 3.39. The van der Waals surface area contributed by atoms with Gasteiger partial charge < -0.3 is 5.73 Å². The number of nitrogens with zero attached hydrogens (tertiary/aromatic N) is 1. The molecule has 0 atom stereocenters. The molecule has 1 rings (SSSR count). The number of amidine groups is 1. The van der Waals surface area contributed by atoms with Crippen LogP contribution in [0, 0.1) is 5.41 Å². The number of rotatable bonds is 2. The van der Waals surface area contributed by atoms with Crippen molar-refractivity contribution in [2.45, 2.75) is 5.03 Å². The highest BCUT2D eigenvalue weighted by atomic mass is 32.2. The third kappa shape index (κ3) is 1.71. The molecule has 3 nitrogen and oxygen atoms in total. The summed E-state index contributed by atoms with van der Waals surface area (Å²) in [6.07, 6.45) is 3.60. The van der Waals surface area contributed by atoms with Gasteiger partial charge in [0.25, 0.3) is 0 Å². The molecule has 0 aromatic carbocycles. The number of thioether (sulfide) groups is 1. The lowest BCUT2D eigenvalue weighted by molar-refractivity contribution is 1.11. The summed E-state index contributed by atoms with van der Waals surface area (Å²) in [7, 11) is 0. The topological polar surface area (TPSA) is 62.8 Å². The van der Waals surface area contributed by atoms with Crippen LogP contribution in [0.3, 0.4) is 0 Å². The highest BCUT2D eigenvalue weighted by molar-refractivity contribution is 7.98. The summed E-state index contributed by atoms with van der Waals surface area (Å²) in [5.41, 5.74) is 6.03. The van der Waals surface area contributed by atoms with Gasteiger partial charge in [-0.2, -0.15) is 0 Å². The smallest absolute Gasteiger partial charge is 0.125 e. The molecule has 0 unspecified atom stereocenters. The van der Waals surface area contributed by atoms with Gasteiger partial charge in [0.15, 0.2) is 0 Å². The maximum atomic E-state index is 7.20. The molecule has 1 aromatic heterocycles. The van der Waals surface area contributed by atoms with E-state index in [-0.39, 0.29) is 5.84 Å². The van der Waals surface area contributed by atoms with Crippen molar-refractivity contribution in [3.05, 3.63) is 23.9 Å². The molecule has 0 aliphatic heterocycles. The minimum atomic E-state index is 0.0717. The van der Waals surface area contributed by atoms with E-state index in [0.717, 1.165) is 5.03 Å². The van der Waals surface area contributed by atoms with Crippen molar-refractivity contribution < 1.29 is 0 Å². The van der Waals surface area contributed by atoms with Crippen LogP contribution in [-0.2, 0) is 0 Å². The van der Waals surface area contributed by atoms with Gasteiger partial charge in [0.1, 0.15) is 10.9 Å². The molecule has 58 valence electrons. The normalized spacial score (nSPS) is 9.55. The maximum Gasteiger partial charge on any atom is 0.125 e. The lowest BCUT2D eigenvalue weighted by Gasteiger charge is -2.01. The van der Waals surface area contributed by atoms with Gasteiger partial charge in [-0.1, -0.05) is 0 Å². The van der Waals surface area contributed by atoms with Gasteiger partial charge in [0, 0.05) is 11.8 Å². The van der Waals surface area contributed by atoms with Crippen molar-refractivity contribution in [3.63, 3.8) is 0 Å². The Balaban J connectivity index is 3.12. The molecule has 1 aromatic rings. The minimum Gasteiger partial charge on any atom is -0.384 e. The predicted octanol–water partition coefficient (Wildman–Crippen LogP) is 1.09. The number of hydrogen-bond donors (Lipinski definition) is 2. The molecule has 0 amide bonds. The Labute approximate surface area is 69.5 Å². The zero-order valence-electron chi connectivity index (χ0n) is 6.16. The SMILES string of the molecule is CSc1ncccc1C(=N)N. The van der Waals surface area contributed by atoms with Crippen molar-refractivity contribution in [2.75, 3.05) is 6.26 Å². The monoisotopic (exact) mass is 167 g/mol. The van der Waals surface area contributed by atoms with E-state index in [1.54, 1.807) is 18.3 Å². The molecule has 0 saturated heterocycles. The molecule has 0 bridgehead atoms. The molecule has 0 aliphatic carbocycles. The molecule has 0 fully saturated rings. The lowest BCUT2D eigenvalue weighted by Crippen LogP contribution is -2.12. The van der Waals surface area contributed by atoms with Gasteiger partial charge in [-0.3, -0.25) is 5.41 Å². The summed E-state index contributed by atoms with van der Waals surface area (Å²) in [6.45, 7) is 0. The summed E-state index contributed by atoms with van der Waals surface area (Å²) >= 11 is 1.49. The summed E-state index contributed by atoms with van der Waals surface area (Å²) in [5, 5.41) is 8.01. The molecule has 4 heteroatoms. The van der Waals surface area contributed by atoms with Crippen molar-refractivity contribution in [3.8, 4) is 0 Å². The number of nitrogen functional groups attached to an aromatic ring is 1. The highest BCUT2D eigenvalue weighted by Gasteiger charge is 2.02. The van der Waals surface area contributed by atoms with Crippen LogP contribution < -0.4 is 5.73 Å². The van der Waals surface area contributed by atoms with Gasteiger partial charge in [0.05, 0.1) is 0 Å². The summed E-state index contributed by atoms with van der Waals surface area (Å²) in [5.74, 6) is 0.0717. The zero-order chi connectivity index (χ0) is 8.27. The Kier molecular flexibility index (Phi) is 2.48. The molecule has 0 radical (unpaired) electrons. The Bertz CT molecular complexity index is 272. The third-order valence-electron chi connectivity index (χ3n) is 1.25. The summed E-state index contributed by atoms with van der Waals surface area (Å²) in [4.78, 5) is 4.06. The van der Waals surface area contributed by atoms with Crippen molar-refractivity contribution in [2.24, 2.45) is 5.73 Å². The molecule has 0 spiro atoms. The van der Waals surface area contributed by atoms with Crippen LogP contribution in [0.2, 0.25) is 0 Å². The van der Waals surface area contributed by atoms with E-state index in [1.165, 1.54) is 11.8 Å². The Hall–Kier alpha value is -1.03. The fourth-order valence-electron chi connectivity index (χ4n) is 0.758. The lowest BCUT2D eigenvalue weighted by atomic mass is 10.3. The van der Waals surface area contributed by atoms with Gasteiger partial charge >= 0.3 is 0 Å². The van der Waals surface area contributed by atoms with E-state index in [1.807, 2.05) is 6.26 Å². The van der Waals surface area contributed by atoms with E-state index >= 15 is 0 Å². The highest BCUT2D eigenvalue weighted by Crippen LogP contribution is 2.15. The summed E-state index contributed by atoms with van der Waals surface area (Å²) in [6, 6.07) is 3.57. The second-order valence-corrected chi connectivity index (χ2v) is 2.77. The first kappa shape index (κ1) is 8.07. The van der Waals surface area contributed by atoms with Crippen LogP contribution in [0.25, 0.3) is 0 Å². The van der Waals surface area contributed by atoms with Gasteiger partial charge in [0.2, 0.25) is 0 Å². The molecule has 3 N–H and O–H groups in total. The van der Waals surface area contributed by atoms with Crippen LogP contribution in [0.5, 0.6) is 0 Å². The van der Waals surface area contributed by atoms with Crippen LogP contribution in [-0.4, -0.2) is 17.1 Å². The second-order valence-electron chi connectivity index (χ2n) is 1.97. The fraction of sp³-hybridized carbons (Fsp3) is 0.143. The van der Waals surface area contributed by atoms with Crippen LogP contribution in [0.15, 0.2) is 23.4 Å². The first-order chi connectivity index (χ1) is 5.25. The average molecular weight is 167 g/mol. The number of nitrogens with one attached hydrogen (secondary N) is 1. The average Bonchev–Trinajstić information content (AvgIpc) is 2.04. The number of aromatic nitrogens is 1. The van der Waals surface area contributed by atoms with E-state index in [2.05, 4.69) is 4.98 Å². The van der Waals surface area contributed by atoms with Crippen LogP contribution >= 0.6 is 11.8 Å². The number of hydrogen-bond acceptors (Lipinski definition) is 3. The first-order valence-corrected chi connectivity index (χ1v) is 4.31. The molecule has 11 heavy (non-hydrogen) atoms. The Morgan fingerprint density at radius 2 is 2.45 bits per heavy atom. The van der Waals surface area contributed by atoms with Crippen molar-refractivity contribution in [1.82, 2.24) is 4.98 Å². The third-order valence-corrected chi connectivity index (χ3v) is 1.97. The van der Waals surface area contributed by atoms with E-state index in [4.69, 9.17) is 11.1 Å². The Morgan fingerprint density at radius 1 is 1.73 bits per heavy atom. The van der Waals surface area contributed by atoms with Crippen LogP contribution in [0.4, 0.5) is 0 Å². The maximum absolute atomic E-state index is 7.20. The molecular weight excluding hydrogens is 158 g/mol. The van der Waals surface area contributed by atoms with Crippen molar-refractivity contribution in [1.29, 1.82) is 5.41 Å². The largest absolute Gasteiger partial charge is 0.384 e. The first-order valence-electron chi connectivity index (χ1n) is 3.09. The van der Waals surface area contributed by atoms with Gasteiger partial charge in [-0.15, -0.1) is 11.8 Å². The fourth-order valence-corrected chi connectivity index (χ4v) is 1.32. The quantitative estimate of drug-likeness (QED) is 0.393. The molecule has 0 saturated carbocycles. The molecule has 1 heterocycles. The molecular formula is C7H9N3S. The number of pyridine rings is 1. The van der Waals surface area contributed by atoms with Gasteiger partial charge in [-0.05, 0) is 18.4 Å².